The zero-order valence-electron chi connectivity index (χ0n) is 10.4. The molecule has 2 unspecified atom stereocenters. The molecule has 6 nitrogen and oxygen atoms in total. The fourth-order valence-electron chi connectivity index (χ4n) is 2.57. The number of carboxylic acid groups (broad SMARTS) is 1. The molecule has 1 amide bonds. The van der Waals surface area contributed by atoms with Crippen LogP contribution in [-0.2, 0) is 14.3 Å². The van der Waals surface area contributed by atoms with Crippen LogP contribution in [0.3, 0.4) is 0 Å². The average Bonchev–Trinajstić information content (AvgIpc) is 2.75. The van der Waals surface area contributed by atoms with E-state index in [4.69, 9.17) is 9.84 Å². The van der Waals surface area contributed by atoms with Gasteiger partial charge < -0.3 is 19.8 Å². The monoisotopic (exact) mass is 257 g/mol. The molecule has 102 valence electrons. The number of aliphatic hydroxyl groups is 1. The predicted octanol–water partition coefficient (Wildman–Crippen LogP) is -0.152. The molecule has 0 bridgehead atoms. The van der Waals surface area contributed by atoms with Gasteiger partial charge in [0.2, 0.25) is 0 Å². The number of carbonyl (C=O) groups is 2. The first kappa shape index (κ1) is 13.3. The van der Waals surface area contributed by atoms with Gasteiger partial charge in [0.25, 0.3) is 5.91 Å². The molecule has 1 aliphatic heterocycles. The van der Waals surface area contributed by atoms with Crippen LogP contribution in [-0.4, -0.2) is 58.9 Å². The van der Waals surface area contributed by atoms with Gasteiger partial charge in [0.1, 0.15) is 6.10 Å². The molecule has 6 heteroatoms. The molecule has 1 saturated heterocycles. The van der Waals surface area contributed by atoms with Gasteiger partial charge in [-0.3, -0.25) is 4.79 Å². The van der Waals surface area contributed by atoms with E-state index in [1.807, 2.05) is 0 Å². The van der Waals surface area contributed by atoms with Crippen LogP contribution in [0.4, 0.5) is 0 Å². The van der Waals surface area contributed by atoms with Crippen LogP contribution < -0.4 is 0 Å². The summed E-state index contributed by atoms with van der Waals surface area (Å²) in [5.41, 5.74) is 0. The Morgan fingerprint density at radius 1 is 1.28 bits per heavy atom. The van der Waals surface area contributed by atoms with Crippen molar-refractivity contribution in [3.05, 3.63) is 0 Å². The van der Waals surface area contributed by atoms with E-state index in [-0.39, 0.29) is 12.0 Å². The Hall–Kier alpha value is -1.14. The maximum absolute atomic E-state index is 12.0. The van der Waals surface area contributed by atoms with Crippen molar-refractivity contribution in [2.24, 2.45) is 5.92 Å². The van der Waals surface area contributed by atoms with Gasteiger partial charge in [-0.25, -0.2) is 4.79 Å². The smallest absolute Gasteiger partial charge is 0.332 e. The van der Waals surface area contributed by atoms with Gasteiger partial charge in [-0.2, -0.15) is 0 Å². The van der Waals surface area contributed by atoms with E-state index < -0.39 is 18.2 Å². The lowest BCUT2D eigenvalue weighted by molar-refractivity contribution is -0.154. The number of hydrogen-bond acceptors (Lipinski definition) is 4. The molecule has 2 N–H and O–H groups in total. The molecule has 1 heterocycles. The SMILES string of the molecule is CN(CC1CC(O)C1)C(=O)C1CCC(C(=O)O)O1. The van der Waals surface area contributed by atoms with Gasteiger partial charge in [0.15, 0.2) is 6.10 Å². The molecular formula is C12H19NO5. The molecule has 0 aromatic carbocycles. The van der Waals surface area contributed by atoms with Crippen molar-refractivity contribution in [3.63, 3.8) is 0 Å². The van der Waals surface area contributed by atoms with E-state index >= 15 is 0 Å². The fourth-order valence-corrected chi connectivity index (χ4v) is 2.57. The van der Waals surface area contributed by atoms with Gasteiger partial charge in [-0.15, -0.1) is 0 Å². The quantitative estimate of drug-likeness (QED) is 0.731. The van der Waals surface area contributed by atoms with Crippen LogP contribution in [0.1, 0.15) is 25.7 Å². The van der Waals surface area contributed by atoms with Crippen LogP contribution in [0.15, 0.2) is 0 Å². The highest BCUT2D eigenvalue weighted by Crippen LogP contribution is 2.28. The number of carboxylic acids is 1. The molecule has 1 aliphatic carbocycles. The Morgan fingerprint density at radius 3 is 2.39 bits per heavy atom. The summed E-state index contributed by atoms with van der Waals surface area (Å²) in [6.07, 6.45) is 0.633. The minimum Gasteiger partial charge on any atom is -0.479 e. The van der Waals surface area contributed by atoms with Crippen LogP contribution >= 0.6 is 0 Å². The van der Waals surface area contributed by atoms with Crippen molar-refractivity contribution in [2.75, 3.05) is 13.6 Å². The number of rotatable bonds is 4. The van der Waals surface area contributed by atoms with E-state index in [1.54, 1.807) is 11.9 Å². The standard InChI is InChI=1S/C12H19NO5/c1-13(6-7-4-8(14)5-7)11(15)9-2-3-10(18-9)12(16)17/h7-10,14H,2-6H2,1H3,(H,16,17). The van der Waals surface area contributed by atoms with Gasteiger partial charge in [-0.05, 0) is 31.6 Å². The van der Waals surface area contributed by atoms with Gasteiger partial charge >= 0.3 is 5.97 Å². The Morgan fingerprint density at radius 2 is 1.89 bits per heavy atom. The second-order valence-electron chi connectivity index (χ2n) is 5.24. The Labute approximate surface area is 106 Å². The minimum atomic E-state index is -1.00. The molecule has 18 heavy (non-hydrogen) atoms. The molecule has 2 atom stereocenters. The first-order valence-corrected chi connectivity index (χ1v) is 6.28. The molecule has 2 rings (SSSR count). The Bertz CT molecular complexity index is 339. The maximum Gasteiger partial charge on any atom is 0.332 e. The summed E-state index contributed by atoms with van der Waals surface area (Å²) in [6.45, 7) is 0.605. The van der Waals surface area contributed by atoms with Crippen molar-refractivity contribution in [1.82, 2.24) is 4.90 Å². The normalized spacial score (nSPS) is 35.0. The summed E-state index contributed by atoms with van der Waals surface area (Å²) in [5.74, 6) is -0.805. The zero-order chi connectivity index (χ0) is 13.3. The first-order valence-electron chi connectivity index (χ1n) is 6.28. The zero-order valence-corrected chi connectivity index (χ0v) is 10.4. The van der Waals surface area contributed by atoms with Crippen LogP contribution in [0, 0.1) is 5.92 Å². The van der Waals surface area contributed by atoms with Crippen molar-refractivity contribution >= 4 is 11.9 Å². The molecule has 0 spiro atoms. The predicted molar refractivity (Wildman–Crippen MR) is 61.9 cm³/mol. The largest absolute Gasteiger partial charge is 0.479 e. The van der Waals surface area contributed by atoms with Crippen LogP contribution in [0.2, 0.25) is 0 Å². The third-order valence-corrected chi connectivity index (χ3v) is 3.69. The molecule has 2 fully saturated rings. The summed E-state index contributed by atoms with van der Waals surface area (Å²) >= 11 is 0. The average molecular weight is 257 g/mol. The highest BCUT2D eigenvalue weighted by atomic mass is 16.5. The Kier molecular flexibility index (Phi) is 3.87. The van der Waals surface area contributed by atoms with Gasteiger partial charge in [-0.1, -0.05) is 0 Å². The van der Waals surface area contributed by atoms with Crippen molar-refractivity contribution in [1.29, 1.82) is 0 Å². The highest BCUT2D eigenvalue weighted by molar-refractivity contribution is 5.82. The van der Waals surface area contributed by atoms with E-state index in [9.17, 15) is 14.7 Å². The summed E-state index contributed by atoms with van der Waals surface area (Å²) in [5, 5.41) is 18.0. The lowest BCUT2D eigenvalue weighted by atomic mass is 9.82. The highest BCUT2D eigenvalue weighted by Gasteiger charge is 2.37. The number of amides is 1. The van der Waals surface area contributed by atoms with Crippen molar-refractivity contribution < 1.29 is 24.5 Å². The summed E-state index contributed by atoms with van der Waals surface area (Å²) in [6, 6.07) is 0. The maximum atomic E-state index is 12.0. The first-order chi connectivity index (χ1) is 8.47. The summed E-state index contributed by atoms with van der Waals surface area (Å²) < 4.78 is 5.22. The van der Waals surface area contributed by atoms with Crippen molar-refractivity contribution in [2.45, 2.75) is 44.0 Å². The third-order valence-electron chi connectivity index (χ3n) is 3.69. The van der Waals surface area contributed by atoms with Gasteiger partial charge in [0, 0.05) is 13.6 Å². The minimum absolute atomic E-state index is 0.153. The number of carbonyl (C=O) groups excluding carboxylic acids is 1. The fraction of sp³-hybridized carbons (Fsp3) is 0.833. The van der Waals surface area contributed by atoms with E-state index in [0.717, 1.165) is 12.8 Å². The van der Waals surface area contributed by atoms with Crippen molar-refractivity contribution in [3.8, 4) is 0 Å². The van der Waals surface area contributed by atoms with E-state index in [0.29, 0.717) is 25.3 Å². The topological polar surface area (TPSA) is 87.1 Å². The van der Waals surface area contributed by atoms with Crippen LogP contribution in [0.5, 0.6) is 0 Å². The molecule has 2 aliphatic rings. The Balaban J connectivity index is 1.78. The second-order valence-corrected chi connectivity index (χ2v) is 5.24. The molecular weight excluding hydrogens is 238 g/mol. The second kappa shape index (κ2) is 5.24. The third kappa shape index (κ3) is 2.81. The molecule has 1 saturated carbocycles. The summed E-state index contributed by atoms with van der Waals surface area (Å²) in [4.78, 5) is 24.3. The molecule has 0 aromatic heterocycles. The van der Waals surface area contributed by atoms with Crippen LogP contribution in [0.25, 0.3) is 0 Å². The number of nitrogens with zero attached hydrogens (tertiary/aromatic N) is 1. The lowest BCUT2D eigenvalue weighted by Gasteiger charge is -2.35. The molecule has 0 radical (unpaired) electrons. The number of ether oxygens (including phenoxy) is 1. The number of aliphatic hydroxyl groups excluding tert-OH is 1. The molecule has 0 aromatic rings. The summed E-state index contributed by atoms with van der Waals surface area (Å²) in [7, 11) is 1.70. The van der Waals surface area contributed by atoms with E-state index in [1.165, 1.54) is 0 Å². The van der Waals surface area contributed by atoms with Gasteiger partial charge in [0.05, 0.1) is 6.10 Å². The number of likely N-dealkylation sites (N-methyl/N-ethyl adjacent to an activating group) is 1. The number of aliphatic carboxylic acids is 1. The lowest BCUT2D eigenvalue weighted by Crippen LogP contribution is -2.43. The number of hydrogen-bond donors (Lipinski definition) is 2. The van der Waals surface area contributed by atoms with E-state index in [2.05, 4.69) is 0 Å².